The highest BCUT2D eigenvalue weighted by molar-refractivity contribution is 5.82. The second kappa shape index (κ2) is 4.94. The summed E-state index contributed by atoms with van der Waals surface area (Å²) >= 11 is 0. The molecule has 1 heterocycles. The van der Waals surface area contributed by atoms with E-state index in [-0.39, 0.29) is 5.78 Å². The van der Waals surface area contributed by atoms with E-state index in [0.29, 0.717) is 12.8 Å². The van der Waals surface area contributed by atoms with Gasteiger partial charge in [-0.25, -0.2) is 0 Å². The van der Waals surface area contributed by atoms with Crippen LogP contribution >= 0.6 is 0 Å². The highest BCUT2D eigenvalue weighted by atomic mass is 16.3. The van der Waals surface area contributed by atoms with Crippen LogP contribution in [0, 0.1) is 13.8 Å². The molecule has 0 radical (unpaired) electrons. The fourth-order valence-electron chi connectivity index (χ4n) is 2.18. The summed E-state index contributed by atoms with van der Waals surface area (Å²) in [5, 5.41) is 11.2. The molecule has 0 saturated carbocycles. The lowest BCUT2D eigenvalue weighted by Crippen LogP contribution is -2.02. The molecule has 1 atom stereocenters. The average Bonchev–Trinajstić information content (AvgIpc) is 2.67. The number of aliphatic hydroxyl groups is 1. The normalized spacial score (nSPS) is 12.9. The monoisotopic (exact) mass is 246 g/mol. The Balaban J connectivity index is 2.32. The third-order valence-corrected chi connectivity index (χ3v) is 3.28. The highest BCUT2D eigenvalue weighted by Gasteiger charge is 2.14. The van der Waals surface area contributed by atoms with Crippen molar-refractivity contribution in [3.05, 3.63) is 35.1 Å². The van der Waals surface area contributed by atoms with Crippen LogP contribution in [0.15, 0.2) is 22.8 Å². The number of Topliss-reactive ketones (excluding diaryl/α,β-unsaturated/α-hetero) is 1. The molecule has 3 heteroatoms. The summed E-state index contributed by atoms with van der Waals surface area (Å²) in [6, 6.07) is 3.91. The predicted octanol–water partition coefficient (Wildman–Crippen LogP) is 3.45. The van der Waals surface area contributed by atoms with E-state index >= 15 is 0 Å². The van der Waals surface area contributed by atoms with Gasteiger partial charge in [-0.3, -0.25) is 0 Å². The summed E-state index contributed by atoms with van der Waals surface area (Å²) < 4.78 is 5.44. The van der Waals surface area contributed by atoms with Gasteiger partial charge in [-0.1, -0.05) is 0 Å². The van der Waals surface area contributed by atoms with Crippen molar-refractivity contribution < 1.29 is 14.3 Å². The first-order valence-corrected chi connectivity index (χ1v) is 6.15. The summed E-state index contributed by atoms with van der Waals surface area (Å²) in [7, 11) is 0. The summed E-state index contributed by atoms with van der Waals surface area (Å²) in [5.74, 6) is 0.0987. The smallest absolute Gasteiger partial charge is 0.134 e. The van der Waals surface area contributed by atoms with Crippen LogP contribution in [-0.4, -0.2) is 10.9 Å². The standard InChI is InChI=1S/C15H18O3/c1-9-6-13-10(2)8-18-15(13)7-12(9)14(17)5-4-11(3)16/h6-8,14,17H,4-5H2,1-3H3. The Labute approximate surface area is 106 Å². The van der Waals surface area contributed by atoms with Crippen molar-refractivity contribution in [2.45, 2.75) is 39.7 Å². The van der Waals surface area contributed by atoms with Gasteiger partial charge in [0.2, 0.25) is 0 Å². The molecule has 2 rings (SSSR count). The summed E-state index contributed by atoms with van der Waals surface area (Å²) in [5.41, 5.74) is 3.76. The Morgan fingerprint density at radius 2 is 2.06 bits per heavy atom. The molecule has 0 bridgehead atoms. The molecule has 2 aromatic rings. The van der Waals surface area contributed by atoms with Crippen LogP contribution in [0.4, 0.5) is 0 Å². The zero-order valence-corrected chi connectivity index (χ0v) is 11.0. The molecular weight excluding hydrogens is 228 g/mol. The molecule has 18 heavy (non-hydrogen) atoms. The number of aryl methyl sites for hydroxylation is 2. The Kier molecular flexibility index (Phi) is 3.53. The van der Waals surface area contributed by atoms with Gasteiger partial charge in [0.1, 0.15) is 11.4 Å². The highest BCUT2D eigenvalue weighted by Crippen LogP contribution is 2.29. The number of hydrogen-bond donors (Lipinski definition) is 1. The zero-order valence-electron chi connectivity index (χ0n) is 11.0. The van der Waals surface area contributed by atoms with Crippen LogP contribution in [-0.2, 0) is 4.79 Å². The molecule has 1 aromatic heterocycles. The van der Waals surface area contributed by atoms with Gasteiger partial charge in [0, 0.05) is 11.8 Å². The minimum absolute atomic E-state index is 0.0987. The molecule has 0 amide bonds. The Hall–Kier alpha value is -1.61. The molecule has 0 saturated heterocycles. The van der Waals surface area contributed by atoms with Gasteiger partial charge in [-0.2, -0.15) is 0 Å². The number of hydrogen-bond acceptors (Lipinski definition) is 3. The largest absolute Gasteiger partial charge is 0.464 e. The molecule has 0 aliphatic carbocycles. The Morgan fingerprint density at radius 1 is 1.33 bits per heavy atom. The van der Waals surface area contributed by atoms with E-state index in [4.69, 9.17) is 4.42 Å². The lowest BCUT2D eigenvalue weighted by molar-refractivity contribution is -0.117. The van der Waals surface area contributed by atoms with E-state index in [1.54, 1.807) is 13.2 Å². The van der Waals surface area contributed by atoms with Gasteiger partial charge in [-0.15, -0.1) is 0 Å². The van der Waals surface area contributed by atoms with Gasteiger partial charge in [0.25, 0.3) is 0 Å². The fraction of sp³-hybridized carbons (Fsp3) is 0.400. The molecule has 1 N–H and O–H groups in total. The summed E-state index contributed by atoms with van der Waals surface area (Å²) in [6.07, 6.45) is 1.97. The quantitative estimate of drug-likeness (QED) is 0.898. The van der Waals surface area contributed by atoms with E-state index in [1.807, 2.05) is 26.0 Å². The van der Waals surface area contributed by atoms with Crippen LogP contribution < -0.4 is 0 Å². The van der Waals surface area contributed by atoms with Crippen LogP contribution in [0.1, 0.15) is 42.6 Å². The second-order valence-electron chi connectivity index (χ2n) is 4.88. The first-order valence-electron chi connectivity index (χ1n) is 6.15. The van der Waals surface area contributed by atoms with Crippen molar-refractivity contribution >= 4 is 16.8 Å². The minimum Gasteiger partial charge on any atom is -0.464 e. The van der Waals surface area contributed by atoms with E-state index < -0.39 is 6.10 Å². The topological polar surface area (TPSA) is 50.4 Å². The van der Waals surface area contributed by atoms with Crippen molar-refractivity contribution in [2.75, 3.05) is 0 Å². The lowest BCUT2D eigenvalue weighted by atomic mass is 9.97. The number of furan rings is 1. The zero-order chi connectivity index (χ0) is 13.3. The van der Waals surface area contributed by atoms with Crippen molar-refractivity contribution in [1.82, 2.24) is 0 Å². The molecular formula is C15H18O3. The fourth-order valence-corrected chi connectivity index (χ4v) is 2.18. The average molecular weight is 246 g/mol. The SMILES string of the molecule is CC(=O)CCC(O)c1cc2occ(C)c2cc1C. The number of benzene rings is 1. The van der Waals surface area contributed by atoms with Crippen LogP contribution in [0.3, 0.4) is 0 Å². The molecule has 1 unspecified atom stereocenters. The number of ketones is 1. The Morgan fingerprint density at radius 3 is 2.72 bits per heavy atom. The minimum atomic E-state index is -0.608. The van der Waals surface area contributed by atoms with Crippen molar-refractivity contribution in [3.63, 3.8) is 0 Å². The number of carbonyl (C=O) groups excluding carboxylic acids is 1. The number of aliphatic hydroxyl groups excluding tert-OH is 1. The van der Waals surface area contributed by atoms with E-state index in [0.717, 1.165) is 27.7 Å². The maximum Gasteiger partial charge on any atom is 0.134 e. The van der Waals surface area contributed by atoms with Crippen molar-refractivity contribution in [2.24, 2.45) is 0 Å². The van der Waals surface area contributed by atoms with E-state index in [1.165, 1.54) is 0 Å². The van der Waals surface area contributed by atoms with Crippen LogP contribution in [0.5, 0.6) is 0 Å². The lowest BCUT2D eigenvalue weighted by Gasteiger charge is -2.13. The second-order valence-corrected chi connectivity index (χ2v) is 4.88. The number of carbonyl (C=O) groups is 1. The van der Waals surface area contributed by atoms with Crippen molar-refractivity contribution in [3.8, 4) is 0 Å². The number of fused-ring (bicyclic) bond motifs is 1. The molecule has 1 aromatic carbocycles. The molecule has 96 valence electrons. The molecule has 0 aliphatic rings. The molecule has 0 spiro atoms. The number of rotatable bonds is 4. The maximum absolute atomic E-state index is 11.0. The van der Waals surface area contributed by atoms with Gasteiger partial charge in [0.05, 0.1) is 12.4 Å². The van der Waals surface area contributed by atoms with Gasteiger partial charge < -0.3 is 14.3 Å². The predicted molar refractivity (Wildman–Crippen MR) is 70.6 cm³/mol. The molecule has 0 aliphatic heterocycles. The Bertz CT molecular complexity index is 581. The third kappa shape index (κ3) is 2.46. The van der Waals surface area contributed by atoms with Crippen LogP contribution in [0.2, 0.25) is 0 Å². The van der Waals surface area contributed by atoms with Gasteiger partial charge in [0.15, 0.2) is 0 Å². The summed E-state index contributed by atoms with van der Waals surface area (Å²) in [6.45, 7) is 5.51. The van der Waals surface area contributed by atoms with Gasteiger partial charge in [-0.05, 0) is 56.0 Å². The first kappa shape index (κ1) is 12.8. The van der Waals surface area contributed by atoms with Crippen LogP contribution in [0.25, 0.3) is 11.0 Å². The first-order chi connectivity index (χ1) is 8.49. The molecule has 0 fully saturated rings. The van der Waals surface area contributed by atoms with E-state index in [2.05, 4.69) is 0 Å². The van der Waals surface area contributed by atoms with E-state index in [9.17, 15) is 9.90 Å². The molecule has 3 nitrogen and oxygen atoms in total. The van der Waals surface area contributed by atoms with Crippen molar-refractivity contribution in [1.29, 1.82) is 0 Å². The summed E-state index contributed by atoms with van der Waals surface area (Å²) in [4.78, 5) is 11.0. The third-order valence-electron chi connectivity index (χ3n) is 3.28. The maximum atomic E-state index is 11.0. The van der Waals surface area contributed by atoms with Gasteiger partial charge >= 0.3 is 0 Å².